The lowest BCUT2D eigenvalue weighted by Gasteiger charge is -1.94. The summed E-state index contributed by atoms with van der Waals surface area (Å²) >= 11 is 0. The summed E-state index contributed by atoms with van der Waals surface area (Å²) < 4.78 is 0. The topological polar surface area (TPSA) is 67.6 Å². The number of H-pyrrole nitrogens is 1. The fourth-order valence-electron chi connectivity index (χ4n) is 0.437. The van der Waals surface area contributed by atoms with E-state index in [1.807, 2.05) is 6.92 Å². The molecule has 0 bridgehead atoms. The standard InChI is InChI=1S/C4H8N4.ClH/c1-3(5)4-6-2-7-8-4;/h2-3H,5H2,1H3,(H,6,7,8);1H/t3-;/m0./s1. The van der Waals surface area contributed by atoms with E-state index in [9.17, 15) is 0 Å². The molecule has 0 amide bonds. The first-order valence-corrected chi connectivity index (χ1v) is 2.42. The zero-order valence-corrected chi connectivity index (χ0v) is 5.85. The monoisotopic (exact) mass is 148 g/mol. The van der Waals surface area contributed by atoms with Crippen molar-refractivity contribution in [3.05, 3.63) is 12.2 Å². The van der Waals surface area contributed by atoms with E-state index in [1.54, 1.807) is 0 Å². The highest BCUT2D eigenvalue weighted by Crippen LogP contribution is 1.96. The Kier molecular flexibility index (Phi) is 3.19. The molecule has 1 heterocycles. The first kappa shape index (κ1) is 8.39. The molecule has 0 aromatic carbocycles. The Bertz CT molecular complexity index is 148. The number of hydrogen-bond donors (Lipinski definition) is 2. The highest BCUT2D eigenvalue weighted by Gasteiger charge is 1.98. The van der Waals surface area contributed by atoms with Gasteiger partial charge in [0, 0.05) is 0 Å². The summed E-state index contributed by atoms with van der Waals surface area (Å²) in [5, 5.41) is 7.24. The van der Waals surface area contributed by atoms with Crippen LogP contribution in [0.1, 0.15) is 18.8 Å². The molecule has 0 aliphatic rings. The van der Waals surface area contributed by atoms with Crippen LogP contribution in [0.2, 0.25) is 0 Å². The maximum Gasteiger partial charge on any atom is 0.146 e. The third-order valence-electron chi connectivity index (χ3n) is 0.867. The molecule has 3 N–H and O–H groups in total. The second-order valence-electron chi connectivity index (χ2n) is 1.66. The fourth-order valence-corrected chi connectivity index (χ4v) is 0.437. The smallest absolute Gasteiger partial charge is 0.146 e. The number of nitrogens with zero attached hydrogens (tertiary/aromatic N) is 2. The average Bonchev–Trinajstić information content (AvgIpc) is 2.12. The van der Waals surface area contributed by atoms with Crippen molar-refractivity contribution in [2.45, 2.75) is 13.0 Å². The Morgan fingerprint density at radius 1 is 1.78 bits per heavy atom. The number of rotatable bonds is 1. The molecule has 1 aromatic heterocycles. The van der Waals surface area contributed by atoms with E-state index in [2.05, 4.69) is 15.2 Å². The van der Waals surface area contributed by atoms with Gasteiger partial charge < -0.3 is 10.7 Å². The lowest BCUT2D eigenvalue weighted by Crippen LogP contribution is -2.06. The number of nitrogens with one attached hydrogen (secondary N) is 1. The largest absolute Gasteiger partial charge is 0.330 e. The third kappa shape index (κ3) is 1.99. The van der Waals surface area contributed by atoms with Crippen LogP contribution in [0.25, 0.3) is 0 Å². The second-order valence-corrected chi connectivity index (χ2v) is 1.66. The van der Waals surface area contributed by atoms with Gasteiger partial charge in [-0.05, 0) is 6.92 Å². The van der Waals surface area contributed by atoms with Crippen molar-refractivity contribution in [1.82, 2.24) is 15.2 Å². The van der Waals surface area contributed by atoms with Crippen molar-refractivity contribution < 1.29 is 0 Å². The minimum Gasteiger partial charge on any atom is -0.330 e. The van der Waals surface area contributed by atoms with Crippen LogP contribution in [0.5, 0.6) is 0 Å². The summed E-state index contributed by atoms with van der Waals surface area (Å²) in [5.74, 6) is 0.727. The molecule has 0 unspecified atom stereocenters. The van der Waals surface area contributed by atoms with Crippen molar-refractivity contribution in [3.63, 3.8) is 0 Å². The number of hydrogen-bond acceptors (Lipinski definition) is 3. The maximum atomic E-state index is 5.42. The van der Waals surface area contributed by atoms with E-state index in [0.717, 1.165) is 5.82 Å². The Morgan fingerprint density at radius 3 is 2.67 bits per heavy atom. The van der Waals surface area contributed by atoms with Crippen LogP contribution in [0.3, 0.4) is 0 Å². The summed E-state index contributed by atoms with van der Waals surface area (Å²) in [7, 11) is 0. The molecule has 0 fully saturated rings. The van der Waals surface area contributed by atoms with Crippen molar-refractivity contribution >= 4 is 12.4 Å². The Hall–Kier alpha value is -0.610. The molecule has 0 radical (unpaired) electrons. The Morgan fingerprint density at radius 2 is 2.44 bits per heavy atom. The SMILES string of the molecule is C[C@H](N)c1nnc[nH]1.Cl. The van der Waals surface area contributed by atoms with Crippen LogP contribution in [0, 0.1) is 0 Å². The van der Waals surface area contributed by atoms with Crippen molar-refractivity contribution in [2.75, 3.05) is 0 Å². The molecular weight excluding hydrogens is 140 g/mol. The second kappa shape index (κ2) is 3.42. The quantitative estimate of drug-likeness (QED) is 0.600. The van der Waals surface area contributed by atoms with Gasteiger partial charge in [0.25, 0.3) is 0 Å². The van der Waals surface area contributed by atoms with Gasteiger partial charge in [0.05, 0.1) is 6.04 Å². The van der Waals surface area contributed by atoms with Crippen LogP contribution < -0.4 is 5.73 Å². The Labute approximate surface area is 59.3 Å². The molecular formula is C4H9ClN4. The van der Waals surface area contributed by atoms with Gasteiger partial charge in [0.2, 0.25) is 0 Å². The van der Waals surface area contributed by atoms with E-state index < -0.39 is 0 Å². The molecule has 9 heavy (non-hydrogen) atoms. The first-order chi connectivity index (χ1) is 3.80. The molecule has 0 saturated carbocycles. The van der Waals surface area contributed by atoms with Gasteiger partial charge >= 0.3 is 0 Å². The molecule has 52 valence electrons. The average molecular weight is 149 g/mol. The molecule has 1 aromatic rings. The highest BCUT2D eigenvalue weighted by atomic mass is 35.5. The number of nitrogens with two attached hydrogens (primary N) is 1. The summed E-state index contributed by atoms with van der Waals surface area (Å²) in [5.41, 5.74) is 5.42. The molecule has 0 aliphatic heterocycles. The predicted octanol–water partition coefficient (Wildman–Crippen LogP) is 0.246. The Balaban J connectivity index is 0.000000640. The van der Waals surface area contributed by atoms with Crippen molar-refractivity contribution in [2.24, 2.45) is 5.73 Å². The highest BCUT2D eigenvalue weighted by molar-refractivity contribution is 5.85. The minimum atomic E-state index is -0.0440. The van der Waals surface area contributed by atoms with E-state index >= 15 is 0 Å². The zero-order chi connectivity index (χ0) is 5.98. The summed E-state index contributed by atoms with van der Waals surface area (Å²) in [6.45, 7) is 1.85. The molecule has 0 saturated heterocycles. The summed E-state index contributed by atoms with van der Waals surface area (Å²) in [6.07, 6.45) is 1.51. The van der Waals surface area contributed by atoms with Crippen LogP contribution in [0.4, 0.5) is 0 Å². The predicted molar refractivity (Wildman–Crippen MR) is 36.2 cm³/mol. The lowest BCUT2D eigenvalue weighted by atomic mass is 10.4. The van der Waals surface area contributed by atoms with Gasteiger partial charge in [0.15, 0.2) is 0 Å². The maximum absolute atomic E-state index is 5.42. The molecule has 0 spiro atoms. The van der Waals surface area contributed by atoms with Crippen molar-refractivity contribution in [1.29, 1.82) is 0 Å². The molecule has 1 rings (SSSR count). The molecule has 5 heteroatoms. The van der Waals surface area contributed by atoms with Crippen LogP contribution in [0.15, 0.2) is 6.33 Å². The third-order valence-corrected chi connectivity index (χ3v) is 0.867. The molecule has 1 atom stereocenters. The van der Waals surface area contributed by atoms with E-state index in [0.29, 0.717) is 0 Å². The molecule has 0 aliphatic carbocycles. The van der Waals surface area contributed by atoms with E-state index in [1.165, 1.54) is 6.33 Å². The summed E-state index contributed by atoms with van der Waals surface area (Å²) in [4.78, 5) is 2.79. The number of halogens is 1. The minimum absolute atomic E-state index is 0. The van der Waals surface area contributed by atoms with E-state index in [-0.39, 0.29) is 18.4 Å². The van der Waals surface area contributed by atoms with Crippen LogP contribution >= 0.6 is 12.4 Å². The number of aromatic nitrogens is 3. The van der Waals surface area contributed by atoms with Crippen LogP contribution in [-0.4, -0.2) is 15.2 Å². The van der Waals surface area contributed by atoms with Gasteiger partial charge in [-0.25, -0.2) is 0 Å². The first-order valence-electron chi connectivity index (χ1n) is 2.42. The van der Waals surface area contributed by atoms with E-state index in [4.69, 9.17) is 5.73 Å². The van der Waals surface area contributed by atoms with Crippen LogP contribution in [-0.2, 0) is 0 Å². The van der Waals surface area contributed by atoms with Gasteiger partial charge in [-0.15, -0.1) is 22.6 Å². The fraction of sp³-hybridized carbons (Fsp3) is 0.500. The van der Waals surface area contributed by atoms with Gasteiger partial charge in [-0.2, -0.15) is 0 Å². The van der Waals surface area contributed by atoms with Gasteiger partial charge in [-0.1, -0.05) is 0 Å². The lowest BCUT2D eigenvalue weighted by molar-refractivity contribution is 0.745. The van der Waals surface area contributed by atoms with Gasteiger partial charge in [0.1, 0.15) is 12.2 Å². The normalized spacial score (nSPS) is 12.2. The number of aromatic amines is 1. The zero-order valence-electron chi connectivity index (χ0n) is 5.03. The summed E-state index contributed by atoms with van der Waals surface area (Å²) in [6, 6.07) is -0.0440. The van der Waals surface area contributed by atoms with Crippen molar-refractivity contribution in [3.8, 4) is 0 Å². The molecule has 4 nitrogen and oxygen atoms in total. The van der Waals surface area contributed by atoms with Gasteiger partial charge in [-0.3, -0.25) is 0 Å².